The van der Waals surface area contributed by atoms with E-state index >= 15 is 0 Å². The third kappa shape index (κ3) is 5.06. The lowest BCUT2D eigenvalue weighted by molar-refractivity contribution is 0.956. The van der Waals surface area contributed by atoms with Crippen LogP contribution < -0.4 is 0 Å². The summed E-state index contributed by atoms with van der Waals surface area (Å²) in [4.78, 5) is 0. The van der Waals surface area contributed by atoms with E-state index in [9.17, 15) is 0 Å². The molecule has 0 nitrogen and oxygen atoms in total. The van der Waals surface area contributed by atoms with Gasteiger partial charge in [-0.1, -0.05) is 35.9 Å². The van der Waals surface area contributed by atoms with E-state index in [0.29, 0.717) is 0 Å². The zero-order chi connectivity index (χ0) is 5.70. The van der Waals surface area contributed by atoms with Crippen molar-refractivity contribution in [2.75, 3.05) is 0 Å². The van der Waals surface area contributed by atoms with Crippen molar-refractivity contribution < 1.29 is 0 Å². The molecule has 0 radical (unpaired) electrons. The van der Waals surface area contributed by atoms with Crippen molar-refractivity contribution in [2.45, 2.75) is 19.8 Å². The summed E-state index contributed by atoms with van der Waals surface area (Å²) in [6.07, 6.45) is 2.50. The molecule has 0 fully saturated rings. The van der Waals surface area contributed by atoms with Gasteiger partial charge in [-0.25, -0.2) is 0 Å². The average Bonchev–Trinajstić information content (AvgIpc) is 1.68. The molecule has 0 aromatic rings. The molecule has 0 amide bonds. The monoisotopic (exact) mass is 322 g/mol. The van der Waals surface area contributed by atoms with E-state index in [0.717, 1.165) is 0 Å². The number of rotatable bonds is 2. The molecule has 0 saturated heterocycles. The molecule has 7 heavy (non-hydrogen) atoms. The van der Waals surface area contributed by atoms with Crippen LogP contribution in [0.1, 0.15) is 19.8 Å². The summed E-state index contributed by atoms with van der Waals surface area (Å²) in [6.45, 7) is 2.19. The molecule has 0 aliphatic rings. The molecule has 0 N–H and O–H groups in total. The summed E-state index contributed by atoms with van der Waals surface area (Å²) >= 11 is 4.63. The van der Waals surface area contributed by atoms with E-state index < -0.39 is 0 Å². The van der Waals surface area contributed by atoms with Crippen LogP contribution in [-0.4, -0.2) is 0 Å². The predicted octanol–water partition coefficient (Wildman–Crippen LogP) is 3.50. The van der Waals surface area contributed by atoms with Crippen LogP contribution in [0, 0.1) is 0 Å². The Morgan fingerprint density at radius 2 is 2.29 bits per heavy atom. The van der Waals surface area contributed by atoms with Crippen molar-refractivity contribution in [3.05, 3.63) is 7.66 Å². The highest BCUT2D eigenvalue weighted by Gasteiger charge is 1.83. The number of halogens is 2. The first-order valence-electron chi connectivity index (χ1n) is 2.26. The first-order chi connectivity index (χ1) is 3.31. The molecule has 0 aliphatic carbocycles. The fraction of sp³-hybridized carbons (Fsp3) is 0.600. The van der Waals surface area contributed by atoms with E-state index in [1.54, 1.807) is 0 Å². The molecular formula is C5H8I2. The first kappa shape index (κ1) is 8.20. The van der Waals surface area contributed by atoms with E-state index in [4.69, 9.17) is 0 Å². The standard InChI is InChI=1S/C5H8I2/c1-2-3-5(7)4-6/h4H,2-3H2,1H3/b5-4-. The Morgan fingerprint density at radius 3 is 2.43 bits per heavy atom. The molecule has 0 aromatic carbocycles. The predicted molar refractivity (Wildman–Crippen MR) is 51.0 cm³/mol. The largest absolute Gasteiger partial charge is 0.0650 e. The number of allylic oxidation sites excluding steroid dienone is 1. The lowest BCUT2D eigenvalue weighted by atomic mass is 10.3. The molecule has 2 heteroatoms. The van der Waals surface area contributed by atoms with Gasteiger partial charge in [0.05, 0.1) is 0 Å². The zero-order valence-electron chi connectivity index (χ0n) is 4.25. The lowest BCUT2D eigenvalue weighted by Crippen LogP contribution is -1.64. The smallest absolute Gasteiger partial charge is 0.00336 e. The minimum absolute atomic E-state index is 1.24. The topological polar surface area (TPSA) is 0 Å². The van der Waals surface area contributed by atoms with Crippen LogP contribution in [0.15, 0.2) is 7.66 Å². The quantitative estimate of drug-likeness (QED) is 0.683. The molecular weight excluding hydrogens is 314 g/mol. The Morgan fingerprint density at radius 1 is 1.71 bits per heavy atom. The van der Waals surface area contributed by atoms with Gasteiger partial charge >= 0.3 is 0 Å². The van der Waals surface area contributed by atoms with Crippen molar-refractivity contribution in [1.82, 2.24) is 0 Å². The fourth-order valence-electron chi connectivity index (χ4n) is 0.293. The van der Waals surface area contributed by atoms with Gasteiger partial charge in [0, 0.05) is 0 Å². The third-order valence-corrected chi connectivity index (χ3v) is 3.40. The SMILES string of the molecule is CCC/C(I)=C/I. The second-order valence-corrected chi connectivity index (χ2v) is 3.31. The van der Waals surface area contributed by atoms with Crippen LogP contribution in [0.4, 0.5) is 0 Å². The van der Waals surface area contributed by atoms with Crippen molar-refractivity contribution in [3.63, 3.8) is 0 Å². The van der Waals surface area contributed by atoms with Crippen molar-refractivity contribution in [1.29, 1.82) is 0 Å². The van der Waals surface area contributed by atoms with E-state index in [1.807, 2.05) is 0 Å². The maximum Gasteiger partial charge on any atom is -0.00336 e. The lowest BCUT2D eigenvalue weighted by Gasteiger charge is -1.87. The highest BCUT2D eigenvalue weighted by Crippen LogP contribution is 2.14. The average molecular weight is 322 g/mol. The number of hydrogen-bond donors (Lipinski definition) is 0. The van der Waals surface area contributed by atoms with Gasteiger partial charge in [0.15, 0.2) is 0 Å². The van der Waals surface area contributed by atoms with Crippen molar-refractivity contribution in [3.8, 4) is 0 Å². The first-order valence-corrected chi connectivity index (χ1v) is 4.58. The summed E-state index contributed by atoms with van der Waals surface area (Å²) < 4.78 is 3.59. The normalized spacial score (nSPS) is 12.1. The van der Waals surface area contributed by atoms with Crippen LogP contribution in [0.25, 0.3) is 0 Å². The molecule has 0 heterocycles. The maximum absolute atomic E-state index is 2.36. The molecule has 0 unspecified atom stereocenters. The second kappa shape index (κ2) is 5.34. The molecule has 0 rings (SSSR count). The summed E-state index contributed by atoms with van der Waals surface area (Å²) in [7, 11) is 0. The van der Waals surface area contributed by atoms with Crippen LogP contribution >= 0.6 is 45.2 Å². The van der Waals surface area contributed by atoms with Gasteiger partial charge < -0.3 is 0 Å². The molecule has 0 bridgehead atoms. The van der Waals surface area contributed by atoms with Gasteiger partial charge in [-0.15, -0.1) is 0 Å². The second-order valence-electron chi connectivity index (χ2n) is 1.31. The van der Waals surface area contributed by atoms with E-state index in [1.165, 1.54) is 16.4 Å². The van der Waals surface area contributed by atoms with Crippen LogP contribution in [-0.2, 0) is 0 Å². The summed E-state index contributed by atoms with van der Waals surface area (Å²) in [6, 6.07) is 0. The van der Waals surface area contributed by atoms with E-state index in [2.05, 4.69) is 56.2 Å². The van der Waals surface area contributed by atoms with Crippen LogP contribution in [0.2, 0.25) is 0 Å². The Labute approximate surface area is 72.0 Å². The fourth-order valence-corrected chi connectivity index (χ4v) is 1.14. The summed E-state index contributed by atoms with van der Waals surface area (Å²) in [5, 5.41) is 0. The number of hydrogen-bond acceptors (Lipinski definition) is 0. The van der Waals surface area contributed by atoms with Crippen molar-refractivity contribution in [2.24, 2.45) is 0 Å². The Kier molecular flexibility index (Phi) is 6.25. The van der Waals surface area contributed by atoms with Crippen LogP contribution in [0.5, 0.6) is 0 Å². The molecule has 42 valence electrons. The Balaban J connectivity index is 3.17. The minimum atomic E-state index is 1.24. The maximum atomic E-state index is 2.36. The van der Waals surface area contributed by atoms with Gasteiger partial charge in [0.2, 0.25) is 0 Å². The third-order valence-electron chi connectivity index (χ3n) is 0.607. The Hall–Kier alpha value is 1.20. The zero-order valence-corrected chi connectivity index (χ0v) is 8.56. The molecule has 0 aromatic heterocycles. The minimum Gasteiger partial charge on any atom is -0.0650 e. The van der Waals surface area contributed by atoms with Gasteiger partial charge in [-0.05, 0) is 36.7 Å². The molecule has 0 spiro atoms. The highest BCUT2D eigenvalue weighted by atomic mass is 127. The molecule has 0 atom stereocenters. The Bertz CT molecular complexity index is 66.5. The summed E-state index contributed by atoms with van der Waals surface area (Å²) in [5.41, 5.74) is 0. The molecule has 0 aliphatic heterocycles. The van der Waals surface area contributed by atoms with Crippen molar-refractivity contribution >= 4 is 45.2 Å². The molecule has 0 saturated carbocycles. The summed E-state index contributed by atoms with van der Waals surface area (Å²) in [5.74, 6) is 0. The van der Waals surface area contributed by atoms with Crippen LogP contribution in [0.3, 0.4) is 0 Å². The highest BCUT2D eigenvalue weighted by molar-refractivity contribution is 14.1. The van der Waals surface area contributed by atoms with Gasteiger partial charge in [0.1, 0.15) is 0 Å². The van der Waals surface area contributed by atoms with E-state index in [-0.39, 0.29) is 0 Å². The van der Waals surface area contributed by atoms with Gasteiger partial charge in [-0.3, -0.25) is 0 Å². The van der Waals surface area contributed by atoms with Gasteiger partial charge in [0.25, 0.3) is 0 Å². The van der Waals surface area contributed by atoms with Gasteiger partial charge in [-0.2, -0.15) is 0 Å².